The smallest absolute Gasteiger partial charge is 0.191 e. The van der Waals surface area contributed by atoms with Crippen molar-refractivity contribution in [2.24, 2.45) is 0 Å². The molecule has 1 heterocycles. The Kier molecular flexibility index (Phi) is 7.61. The van der Waals surface area contributed by atoms with E-state index in [0.29, 0.717) is 12.0 Å². The first-order valence-corrected chi connectivity index (χ1v) is 11.2. The van der Waals surface area contributed by atoms with Gasteiger partial charge in [0.25, 0.3) is 0 Å². The molecule has 0 saturated carbocycles. The number of hydrogen-bond acceptors (Lipinski definition) is 5. The van der Waals surface area contributed by atoms with E-state index in [0.717, 1.165) is 43.1 Å². The molecule has 0 bridgehead atoms. The Morgan fingerprint density at radius 2 is 1.97 bits per heavy atom. The summed E-state index contributed by atoms with van der Waals surface area (Å²) in [6, 6.07) is 13.6. The number of hydrogen-bond donors (Lipinski definition) is 3. The van der Waals surface area contributed by atoms with E-state index in [-0.39, 0.29) is 5.43 Å². The maximum Gasteiger partial charge on any atom is 0.191 e. The third kappa shape index (κ3) is 5.55. The lowest BCUT2D eigenvalue weighted by molar-refractivity contribution is 0.333. The van der Waals surface area contributed by atoms with Gasteiger partial charge in [-0.15, -0.1) is 11.8 Å². The van der Waals surface area contributed by atoms with Crippen LogP contribution >= 0.6 is 11.8 Å². The van der Waals surface area contributed by atoms with Crippen LogP contribution in [-0.2, 0) is 6.54 Å². The lowest BCUT2D eigenvalue weighted by Gasteiger charge is -2.15. The van der Waals surface area contributed by atoms with Gasteiger partial charge in [0.15, 0.2) is 5.43 Å². The Morgan fingerprint density at radius 3 is 2.76 bits per heavy atom. The van der Waals surface area contributed by atoms with Crippen LogP contribution in [0.5, 0.6) is 5.75 Å². The number of H-pyrrole nitrogens is 1. The molecular weight excluding hydrogens is 382 g/mol. The summed E-state index contributed by atoms with van der Waals surface area (Å²) in [4.78, 5) is 16.7. The van der Waals surface area contributed by atoms with Gasteiger partial charge in [0.2, 0.25) is 0 Å². The van der Waals surface area contributed by atoms with Gasteiger partial charge in [0, 0.05) is 35.0 Å². The van der Waals surface area contributed by atoms with Gasteiger partial charge in [-0.1, -0.05) is 12.1 Å². The number of rotatable bonds is 10. The summed E-state index contributed by atoms with van der Waals surface area (Å²) in [5, 5.41) is 7.53. The highest BCUT2D eigenvalue weighted by molar-refractivity contribution is 7.98. The Bertz CT molecular complexity index is 1020. The number of benzene rings is 2. The van der Waals surface area contributed by atoms with Crippen molar-refractivity contribution in [1.82, 2.24) is 10.3 Å². The number of nitrogens with one attached hydrogen (secondary N) is 3. The summed E-state index contributed by atoms with van der Waals surface area (Å²) in [5.41, 5.74) is 3.26. The number of pyridine rings is 1. The van der Waals surface area contributed by atoms with E-state index in [9.17, 15) is 4.79 Å². The van der Waals surface area contributed by atoms with Crippen LogP contribution in [0.4, 0.5) is 5.82 Å². The van der Waals surface area contributed by atoms with Gasteiger partial charge < -0.3 is 20.4 Å². The van der Waals surface area contributed by atoms with Crippen molar-refractivity contribution in [2.45, 2.75) is 31.7 Å². The highest BCUT2D eigenvalue weighted by Gasteiger charge is 2.09. The summed E-state index contributed by atoms with van der Waals surface area (Å²) in [7, 11) is 0. The summed E-state index contributed by atoms with van der Waals surface area (Å²) >= 11 is 1.75. The zero-order valence-electron chi connectivity index (χ0n) is 17.3. The van der Waals surface area contributed by atoms with Crippen LogP contribution in [0, 0.1) is 6.92 Å². The van der Waals surface area contributed by atoms with Crippen LogP contribution in [0.2, 0.25) is 0 Å². The molecule has 1 aromatic heterocycles. The fourth-order valence-electron chi connectivity index (χ4n) is 3.36. The zero-order chi connectivity index (χ0) is 20.6. The van der Waals surface area contributed by atoms with Crippen molar-refractivity contribution in [1.29, 1.82) is 0 Å². The molecule has 2 aromatic carbocycles. The summed E-state index contributed by atoms with van der Waals surface area (Å²) < 4.78 is 5.85. The second kappa shape index (κ2) is 10.4. The van der Waals surface area contributed by atoms with Crippen molar-refractivity contribution >= 4 is 28.5 Å². The van der Waals surface area contributed by atoms with E-state index >= 15 is 0 Å². The third-order valence-electron chi connectivity index (χ3n) is 4.75. The second-order valence-electron chi connectivity index (χ2n) is 6.92. The van der Waals surface area contributed by atoms with Crippen molar-refractivity contribution in [2.75, 3.05) is 31.3 Å². The SMILES string of the molecule is CCOc1c(C)cc(SC)cc1CNCCCNc1cc(=O)c2ccccc2[nH]1. The van der Waals surface area contributed by atoms with E-state index in [4.69, 9.17) is 4.74 Å². The van der Waals surface area contributed by atoms with Gasteiger partial charge >= 0.3 is 0 Å². The van der Waals surface area contributed by atoms with Crippen molar-refractivity contribution < 1.29 is 4.74 Å². The molecule has 0 radical (unpaired) electrons. The number of aromatic nitrogens is 1. The number of aryl methyl sites for hydroxylation is 1. The van der Waals surface area contributed by atoms with Gasteiger partial charge in [-0.05, 0) is 62.9 Å². The van der Waals surface area contributed by atoms with Gasteiger partial charge in [0.1, 0.15) is 11.6 Å². The minimum absolute atomic E-state index is 0.0347. The molecule has 154 valence electrons. The number of ether oxygens (including phenoxy) is 1. The molecule has 0 aliphatic carbocycles. The van der Waals surface area contributed by atoms with Crippen LogP contribution in [-0.4, -0.2) is 30.9 Å². The first kappa shape index (κ1) is 21.3. The minimum Gasteiger partial charge on any atom is -0.493 e. The van der Waals surface area contributed by atoms with Crippen molar-refractivity contribution in [3.05, 3.63) is 63.8 Å². The number of aromatic amines is 1. The first-order valence-electron chi connectivity index (χ1n) is 9.99. The van der Waals surface area contributed by atoms with Gasteiger partial charge in [-0.2, -0.15) is 0 Å². The highest BCUT2D eigenvalue weighted by atomic mass is 32.2. The average Bonchev–Trinajstić information content (AvgIpc) is 2.72. The lowest BCUT2D eigenvalue weighted by Crippen LogP contribution is -2.19. The quantitative estimate of drug-likeness (QED) is 0.337. The zero-order valence-corrected chi connectivity index (χ0v) is 18.1. The largest absolute Gasteiger partial charge is 0.493 e. The molecule has 0 atom stereocenters. The Balaban J connectivity index is 1.50. The molecule has 0 saturated heterocycles. The number of thioether (sulfide) groups is 1. The third-order valence-corrected chi connectivity index (χ3v) is 5.46. The van der Waals surface area contributed by atoms with E-state index < -0.39 is 0 Å². The molecule has 0 amide bonds. The fraction of sp³-hybridized carbons (Fsp3) is 0.348. The van der Waals surface area contributed by atoms with Crippen LogP contribution in [0.1, 0.15) is 24.5 Å². The standard InChI is InChI=1S/C23H29N3O2S/c1-4-28-23-16(2)12-18(29-3)13-17(23)15-24-10-7-11-25-22-14-21(27)19-8-5-6-9-20(19)26-22/h5-6,8-9,12-14,24H,4,7,10-11,15H2,1-3H3,(H2,25,26,27). The summed E-state index contributed by atoms with van der Waals surface area (Å²) in [6.07, 6.45) is 3.04. The predicted molar refractivity (Wildman–Crippen MR) is 124 cm³/mol. The molecule has 0 aliphatic rings. The van der Waals surface area contributed by atoms with Gasteiger partial charge in [-0.3, -0.25) is 4.79 Å². The Hall–Kier alpha value is -2.44. The van der Waals surface area contributed by atoms with Gasteiger partial charge in [0.05, 0.1) is 12.1 Å². The molecule has 29 heavy (non-hydrogen) atoms. The molecule has 3 N–H and O–H groups in total. The first-order chi connectivity index (χ1) is 14.1. The van der Waals surface area contributed by atoms with E-state index in [1.807, 2.05) is 31.2 Å². The van der Waals surface area contributed by atoms with E-state index in [1.54, 1.807) is 17.8 Å². The van der Waals surface area contributed by atoms with E-state index in [1.165, 1.54) is 16.0 Å². The summed E-state index contributed by atoms with van der Waals surface area (Å²) in [6.45, 7) is 7.21. The molecule has 0 unspecified atom stereocenters. The normalized spacial score (nSPS) is 11.0. The number of para-hydroxylation sites is 1. The lowest BCUT2D eigenvalue weighted by atomic mass is 10.1. The Labute approximate surface area is 176 Å². The monoisotopic (exact) mass is 411 g/mol. The molecule has 3 aromatic rings. The summed E-state index contributed by atoms with van der Waals surface area (Å²) in [5.74, 6) is 1.75. The highest BCUT2D eigenvalue weighted by Crippen LogP contribution is 2.29. The average molecular weight is 412 g/mol. The molecule has 0 aliphatic heterocycles. The minimum atomic E-state index is 0.0347. The molecule has 0 spiro atoms. The maximum absolute atomic E-state index is 12.2. The molecule has 6 heteroatoms. The Morgan fingerprint density at radius 1 is 1.14 bits per heavy atom. The maximum atomic E-state index is 12.2. The fourth-order valence-corrected chi connectivity index (χ4v) is 3.92. The second-order valence-corrected chi connectivity index (χ2v) is 7.80. The van der Waals surface area contributed by atoms with Crippen LogP contribution in [0.25, 0.3) is 10.9 Å². The van der Waals surface area contributed by atoms with Crippen LogP contribution < -0.4 is 20.8 Å². The van der Waals surface area contributed by atoms with Crippen LogP contribution in [0.3, 0.4) is 0 Å². The predicted octanol–water partition coefficient (Wildman–Crippen LogP) is 4.55. The van der Waals surface area contributed by atoms with E-state index in [2.05, 4.69) is 40.9 Å². The molecular formula is C23H29N3O2S. The number of fused-ring (bicyclic) bond motifs is 1. The molecule has 5 nitrogen and oxygen atoms in total. The van der Waals surface area contributed by atoms with Crippen molar-refractivity contribution in [3.63, 3.8) is 0 Å². The molecule has 3 rings (SSSR count). The van der Waals surface area contributed by atoms with Gasteiger partial charge in [-0.25, -0.2) is 0 Å². The number of anilines is 1. The van der Waals surface area contributed by atoms with Crippen LogP contribution in [0.15, 0.2) is 52.2 Å². The van der Waals surface area contributed by atoms with Crippen molar-refractivity contribution in [3.8, 4) is 5.75 Å². The topological polar surface area (TPSA) is 66.2 Å². The molecule has 0 fully saturated rings.